The van der Waals surface area contributed by atoms with Gasteiger partial charge in [-0.3, -0.25) is 4.79 Å². The van der Waals surface area contributed by atoms with Gasteiger partial charge in [-0.05, 0) is 6.42 Å². The first-order chi connectivity index (χ1) is 6.50. The van der Waals surface area contributed by atoms with Gasteiger partial charge in [-0.15, -0.1) is 0 Å². The molecular formula is C8H8O6. The minimum atomic E-state index is -1.26. The van der Waals surface area contributed by atoms with Crippen LogP contribution in [-0.4, -0.2) is 34.2 Å². The van der Waals surface area contributed by atoms with Crippen molar-refractivity contribution in [1.82, 2.24) is 0 Å². The van der Waals surface area contributed by atoms with Crippen molar-refractivity contribution >= 4 is 17.9 Å². The summed E-state index contributed by atoms with van der Waals surface area (Å²) in [5, 5.41) is 17.0. The molecule has 1 unspecified atom stereocenters. The van der Waals surface area contributed by atoms with Gasteiger partial charge in [0.05, 0.1) is 5.57 Å². The van der Waals surface area contributed by atoms with E-state index in [0.717, 1.165) is 6.08 Å². The maximum absolute atomic E-state index is 10.7. The average Bonchev–Trinajstić information content (AvgIpc) is 2.43. The van der Waals surface area contributed by atoms with Crippen molar-refractivity contribution in [3.63, 3.8) is 0 Å². The number of ether oxygens (including phenoxy) is 1. The zero-order valence-corrected chi connectivity index (χ0v) is 7.10. The van der Waals surface area contributed by atoms with E-state index in [4.69, 9.17) is 10.2 Å². The summed E-state index contributed by atoms with van der Waals surface area (Å²) < 4.78 is 4.61. The Morgan fingerprint density at radius 2 is 2.07 bits per heavy atom. The van der Waals surface area contributed by atoms with Crippen molar-refractivity contribution < 1.29 is 29.3 Å². The molecule has 0 spiro atoms. The van der Waals surface area contributed by atoms with E-state index in [1.54, 1.807) is 0 Å². The van der Waals surface area contributed by atoms with Gasteiger partial charge in [0.15, 0.2) is 0 Å². The molecule has 0 bridgehead atoms. The predicted molar refractivity (Wildman–Crippen MR) is 42.5 cm³/mol. The van der Waals surface area contributed by atoms with E-state index in [-0.39, 0.29) is 18.4 Å². The third-order valence-corrected chi connectivity index (χ3v) is 1.75. The summed E-state index contributed by atoms with van der Waals surface area (Å²) >= 11 is 0. The number of hydrogen-bond acceptors (Lipinski definition) is 4. The molecule has 0 aromatic heterocycles. The van der Waals surface area contributed by atoms with Gasteiger partial charge >= 0.3 is 17.9 Å². The lowest BCUT2D eigenvalue weighted by Crippen LogP contribution is -2.18. The summed E-state index contributed by atoms with van der Waals surface area (Å²) in [6, 6.07) is 0. The van der Waals surface area contributed by atoms with Crippen LogP contribution in [0, 0.1) is 0 Å². The highest BCUT2D eigenvalue weighted by Crippen LogP contribution is 2.20. The summed E-state index contributed by atoms with van der Waals surface area (Å²) in [6.07, 6.45) is -0.313. The quantitative estimate of drug-likeness (QED) is 0.609. The van der Waals surface area contributed by atoms with Crippen LogP contribution in [0.5, 0.6) is 0 Å². The Balaban J connectivity index is 2.62. The zero-order valence-electron chi connectivity index (χ0n) is 7.10. The number of carboxylic acid groups (broad SMARTS) is 2. The molecule has 1 heterocycles. The number of esters is 1. The molecule has 0 aliphatic carbocycles. The van der Waals surface area contributed by atoms with Crippen LogP contribution >= 0.6 is 0 Å². The smallest absolute Gasteiger partial charge is 0.335 e. The van der Waals surface area contributed by atoms with Crippen LogP contribution in [0.4, 0.5) is 0 Å². The Kier molecular flexibility index (Phi) is 2.85. The molecule has 6 heteroatoms. The molecule has 1 aliphatic heterocycles. The van der Waals surface area contributed by atoms with Crippen LogP contribution in [0.15, 0.2) is 11.6 Å². The Hall–Kier alpha value is -1.85. The van der Waals surface area contributed by atoms with Crippen LogP contribution in [0.2, 0.25) is 0 Å². The Labute approximate surface area is 78.8 Å². The van der Waals surface area contributed by atoms with E-state index in [1.807, 2.05) is 0 Å². The molecule has 0 aromatic carbocycles. The molecule has 14 heavy (non-hydrogen) atoms. The monoisotopic (exact) mass is 200 g/mol. The highest BCUT2D eigenvalue weighted by atomic mass is 16.5. The van der Waals surface area contributed by atoms with E-state index in [2.05, 4.69) is 4.74 Å². The van der Waals surface area contributed by atoms with Gasteiger partial charge in [0.25, 0.3) is 0 Å². The molecule has 0 fully saturated rings. The van der Waals surface area contributed by atoms with Crippen molar-refractivity contribution in [2.75, 3.05) is 0 Å². The number of hydrogen-bond donors (Lipinski definition) is 2. The largest absolute Gasteiger partial charge is 0.481 e. The van der Waals surface area contributed by atoms with E-state index >= 15 is 0 Å². The standard InChI is InChI=1S/C8H8O6/c9-6(10)2-1-5-4(8(12)13)3-7(11)14-5/h3,5H,1-2H2,(H,9,10)(H,12,13). The highest BCUT2D eigenvalue weighted by Gasteiger charge is 2.30. The Morgan fingerprint density at radius 1 is 1.43 bits per heavy atom. The summed E-state index contributed by atoms with van der Waals surface area (Å²) in [5.41, 5.74) is -0.184. The van der Waals surface area contributed by atoms with Crippen LogP contribution in [0.25, 0.3) is 0 Å². The Morgan fingerprint density at radius 3 is 2.57 bits per heavy atom. The van der Waals surface area contributed by atoms with Crippen molar-refractivity contribution in [2.45, 2.75) is 18.9 Å². The van der Waals surface area contributed by atoms with Crippen LogP contribution in [0.1, 0.15) is 12.8 Å². The lowest BCUT2D eigenvalue weighted by molar-refractivity contribution is -0.143. The first kappa shape index (κ1) is 10.2. The summed E-state index contributed by atoms with van der Waals surface area (Å²) in [7, 11) is 0. The third-order valence-electron chi connectivity index (χ3n) is 1.75. The van der Waals surface area contributed by atoms with Crippen molar-refractivity contribution in [1.29, 1.82) is 0 Å². The lowest BCUT2D eigenvalue weighted by atomic mass is 10.1. The fourth-order valence-electron chi connectivity index (χ4n) is 1.13. The number of carbonyl (C=O) groups excluding carboxylic acids is 1. The maximum atomic E-state index is 10.7. The predicted octanol–water partition coefficient (Wildman–Crippen LogP) is -0.212. The van der Waals surface area contributed by atoms with E-state index in [0.29, 0.717) is 0 Å². The molecule has 0 saturated carbocycles. The SMILES string of the molecule is O=C(O)CCC1OC(=O)C=C1C(=O)O. The number of aliphatic carboxylic acids is 2. The second kappa shape index (κ2) is 3.91. The molecule has 1 aliphatic rings. The van der Waals surface area contributed by atoms with Crippen LogP contribution < -0.4 is 0 Å². The first-order valence-electron chi connectivity index (χ1n) is 3.88. The van der Waals surface area contributed by atoms with E-state index in [9.17, 15) is 14.4 Å². The number of carboxylic acids is 2. The molecule has 1 rings (SSSR count). The first-order valence-corrected chi connectivity index (χ1v) is 3.88. The van der Waals surface area contributed by atoms with Gasteiger partial charge in [-0.25, -0.2) is 9.59 Å². The van der Waals surface area contributed by atoms with Crippen molar-refractivity contribution in [2.24, 2.45) is 0 Å². The molecule has 76 valence electrons. The number of cyclic esters (lactones) is 1. The summed E-state index contributed by atoms with van der Waals surface area (Å²) in [6.45, 7) is 0. The minimum Gasteiger partial charge on any atom is -0.481 e. The van der Waals surface area contributed by atoms with Gasteiger partial charge in [-0.2, -0.15) is 0 Å². The van der Waals surface area contributed by atoms with Crippen LogP contribution in [0.3, 0.4) is 0 Å². The van der Waals surface area contributed by atoms with Gasteiger partial charge in [0, 0.05) is 12.5 Å². The fraction of sp³-hybridized carbons (Fsp3) is 0.375. The minimum absolute atomic E-state index is 0.0147. The Bertz CT molecular complexity index is 316. The third kappa shape index (κ3) is 2.32. The summed E-state index contributed by atoms with van der Waals surface area (Å²) in [4.78, 5) is 31.5. The normalized spacial score (nSPS) is 20.1. The molecule has 0 aromatic rings. The van der Waals surface area contributed by atoms with Gasteiger partial charge in [-0.1, -0.05) is 0 Å². The van der Waals surface area contributed by atoms with Crippen molar-refractivity contribution in [3.05, 3.63) is 11.6 Å². The molecule has 0 radical (unpaired) electrons. The molecule has 1 atom stereocenters. The molecular weight excluding hydrogens is 192 g/mol. The number of rotatable bonds is 4. The zero-order chi connectivity index (χ0) is 10.7. The second-order valence-corrected chi connectivity index (χ2v) is 2.76. The van der Waals surface area contributed by atoms with Gasteiger partial charge in [0.1, 0.15) is 6.10 Å². The van der Waals surface area contributed by atoms with Crippen molar-refractivity contribution in [3.8, 4) is 0 Å². The average molecular weight is 200 g/mol. The van der Waals surface area contributed by atoms with Gasteiger partial charge in [0.2, 0.25) is 0 Å². The maximum Gasteiger partial charge on any atom is 0.335 e. The van der Waals surface area contributed by atoms with E-state index in [1.165, 1.54) is 0 Å². The molecule has 6 nitrogen and oxygen atoms in total. The van der Waals surface area contributed by atoms with E-state index < -0.39 is 24.0 Å². The highest BCUT2D eigenvalue weighted by molar-refractivity contribution is 5.99. The van der Waals surface area contributed by atoms with Crippen LogP contribution in [-0.2, 0) is 19.1 Å². The van der Waals surface area contributed by atoms with Gasteiger partial charge < -0.3 is 14.9 Å². The molecule has 2 N–H and O–H groups in total. The number of carbonyl (C=O) groups is 3. The molecule has 0 amide bonds. The second-order valence-electron chi connectivity index (χ2n) is 2.76. The topological polar surface area (TPSA) is 101 Å². The molecule has 0 saturated heterocycles. The summed E-state index contributed by atoms with van der Waals surface area (Å²) in [5.74, 6) is -3.05. The fourth-order valence-corrected chi connectivity index (χ4v) is 1.13. The lowest BCUT2D eigenvalue weighted by Gasteiger charge is -2.09.